The van der Waals surface area contributed by atoms with Crippen molar-refractivity contribution in [3.8, 4) is 0 Å². The van der Waals surface area contributed by atoms with Crippen molar-refractivity contribution in [1.29, 1.82) is 0 Å². The summed E-state index contributed by atoms with van der Waals surface area (Å²) in [5.74, 6) is -3.47. The van der Waals surface area contributed by atoms with Crippen LogP contribution in [0.1, 0.15) is 126 Å². The van der Waals surface area contributed by atoms with Crippen LogP contribution in [0.4, 0.5) is 8.78 Å². The molecular formula is C50H72F2N4O8. The lowest BCUT2D eigenvalue weighted by Crippen LogP contribution is -2.58. The van der Waals surface area contributed by atoms with E-state index < -0.39 is 60.4 Å². The highest BCUT2D eigenvalue weighted by Crippen LogP contribution is 2.33. The highest BCUT2D eigenvalue weighted by molar-refractivity contribution is 5.94. The molecule has 1 heterocycles. The summed E-state index contributed by atoms with van der Waals surface area (Å²) in [4.78, 5) is 16.4. The van der Waals surface area contributed by atoms with Crippen molar-refractivity contribution >= 4 is 5.91 Å². The van der Waals surface area contributed by atoms with E-state index in [1.807, 2.05) is 74.5 Å². The Bertz CT molecular complexity index is 1770. The van der Waals surface area contributed by atoms with E-state index in [2.05, 4.69) is 22.3 Å². The van der Waals surface area contributed by atoms with Gasteiger partial charge in [-0.15, -0.1) is 0 Å². The molecule has 0 radical (unpaired) electrons. The van der Waals surface area contributed by atoms with Crippen molar-refractivity contribution in [2.24, 2.45) is 17.0 Å². The summed E-state index contributed by atoms with van der Waals surface area (Å²) >= 11 is 0. The van der Waals surface area contributed by atoms with Crippen LogP contribution in [0.5, 0.6) is 0 Å². The number of aliphatic hydroxyl groups excluding tert-OH is 2. The Morgan fingerprint density at radius 2 is 1.38 bits per heavy atom. The molecule has 0 aliphatic carbocycles. The number of nitrogens with zero attached hydrogens (tertiary/aromatic N) is 3. The highest BCUT2D eigenvalue weighted by Gasteiger charge is 2.46. The fourth-order valence-corrected chi connectivity index (χ4v) is 7.95. The minimum Gasteiger partial charge on any atom is -0.390 e. The van der Waals surface area contributed by atoms with E-state index in [1.165, 1.54) is 51.4 Å². The van der Waals surface area contributed by atoms with E-state index in [0.29, 0.717) is 19.6 Å². The third-order valence-corrected chi connectivity index (χ3v) is 11.8. The maximum absolute atomic E-state index is 14.2. The number of hydrogen-bond acceptors (Lipinski definition) is 9. The van der Waals surface area contributed by atoms with Gasteiger partial charge in [0.1, 0.15) is 18.3 Å². The topological polar surface area (TPSA) is 164 Å². The van der Waals surface area contributed by atoms with Crippen LogP contribution >= 0.6 is 0 Å². The van der Waals surface area contributed by atoms with Crippen LogP contribution < -0.4 is 5.32 Å². The van der Waals surface area contributed by atoms with E-state index in [0.717, 1.165) is 48.6 Å². The third kappa shape index (κ3) is 18.9. The Kier molecular flexibility index (Phi) is 24.9. The Morgan fingerprint density at radius 1 is 0.797 bits per heavy atom. The summed E-state index contributed by atoms with van der Waals surface area (Å²) in [7, 11) is 0. The summed E-state index contributed by atoms with van der Waals surface area (Å²) in [5.41, 5.74) is 10.5. The van der Waals surface area contributed by atoms with Crippen LogP contribution in [0, 0.1) is 23.5 Å². The second-order valence-electron chi connectivity index (χ2n) is 17.3. The van der Waals surface area contributed by atoms with E-state index in [1.54, 1.807) is 0 Å². The van der Waals surface area contributed by atoms with E-state index in [4.69, 9.17) is 29.2 Å². The monoisotopic (exact) mass is 895 g/mol. The maximum atomic E-state index is 14.2. The number of nitrogens with one attached hydrogen (secondary N) is 1. The molecule has 14 heteroatoms. The van der Waals surface area contributed by atoms with Gasteiger partial charge in [-0.1, -0.05) is 164 Å². The first-order valence-corrected chi connectivity index (χ1v) is 23.4. The fraction of sp³-hybridized carbons (Fsp3) is 0.620. The standard InChI is InChI=1S/C50H72F2N4O8/c1-4-5-6-7-8-9-10-11-12-13-14-21-26-44(57)46(58)43(55-49(59)40-27-28-41(51)42(52)29-40)34-63-50-48(62-33-39-24-19-16-20-25-39)37(3)47(61-32-38-22-17-15-18-23-38)45(64-50)35-60-31-36(2)30-54-56-53/h15-20,22-25,27-29,36-37,43-48,50,57-58H,4-14,21,26,30-35H2,1-3H3,(H,55,59)/t36?,37-,43-,44+,45?,46-,47+,48?,50-/m0/s1. The molecule has 0 saturated carbocycles. The van der Waals surface area contributed by atoms with Gasteiger partial charge < -0.3 is 39.2 Å². The molecule has 0 bridgehead atoms. The zero-order valence-corrected chi connectivity index (χ0v) is 38.1. The Labute approximate surface area is 379 Å². The molecule has 0 aromatic heterocycles. The van der Waals surface area contributed by atoms with Gasteiger partial charge in [-0.25, -0.2) is 8.78 Å². The number of ether oxygens (including phenoxy) is 5. The number of unbranched alkanes of at least 4 members (excludes halogenated alkanes) is 11. The lowest BCUT2D eigenvalue weighted by Gasteiger charge is -2.45. The zero-order valence-electron chi connectivity index (χ0n) is 38.1. The number of carbonyl (C=O) groups is 1. The number of carbonyl (C=O) groups excluding carboxylic acids is 1. The molecule has 1 aliphatic rings. The minimum atomic E-state index is -1.48. The molecule has 64 heavy (non-hydrogen) atoms. The van der Waals surface area contributed by atoms with Gasteiger partial charge in [0.15, 0.2) is 17.9 Å². The highest BCUT2D eigenvalue weighted by atomic mass is 19.2. The molecular weight excluding hydrogens is 823 g/mol. The molecule has 3 aromatic carbocycles. The molecule has 354 valence electrons. The van der Waals surface area contributed by atoms with Gasteiger partial charge >= 0.3 is 0 Å². The summed E-state index contributed by atoms with van der Waals surface area (Å²) in [6.07, 6.45) is 8.43. The number of halogens is 2. The van der Waals surface area contributed by atoms with Crippen LogP contribution in [-0.2, 0) is 36.9 Å². The molecule has 3 unspecified atom stereocenters. The second-order valence-corrected chi connectivity index (χ2v) is 17.3. The molecule has 1 amide bonds. The quantitative estimate of drug-likeness (QED) is 0.0241. The molecule has 0 spiro atoms. The minimum absolute atomic E-state index is 0.0589. The molecule has 12 nitrogen and oxygen atoms in total. The van der Waals surface area contributed by atoms with Gasteiger partial charge in [-0.2, -0.15) is 0 Å². The summed E-state index contributed by atoms with van der Waals surface area (Å²) < 4.78 is 60.4. The van der Waals surface area contributed by atoms with Crippen LogP contribution in [0.15, 0.2) is 84.0 Å². The van der Waals surface area contributed by atoms with Gasteiger partial charge in [-0.05, 0) is 47.2 Å². The Hall–Kier alpha value is -3.98. The molecule has 1 aliphatic heterocycles. The normalized spacial score (nSPS) is 20.5. The van der Waals surface area contributed by atoms with Crippen LogP contribution in [0.2, 0.25) is 0 Å². The molecule has 1 fully saturated rings. The van der Waals surface area contributed by atoms with Gasteiger partial charge in [0.25, 0.3) is 5.91 Å². The maximum Gasteiger partial charge on any atom is 0.251 e. The first-order chi connectivity index (χ1) is 31.1. The van der Waals surface area contributed by atoms with E-state index in [9.17, 15) is 23.8 Å². The van der Waals surface area contributed by atoms with Crippen molar-refractivity contribution in [3.05, 3.63) is 118 Å². The second kappa shape index (κ2) is 30.3. The predicted octanol–water partition coefficient (Wildman–Crippen LogP) is 10.4. The van der Waals surface area contributed by atoms with Crippen molar-refractivity contribution in [3.63, 3.8) is 0 Å². The molecule has 3 aromatic rings. The number of azide groups is 1. The average Bonchev–Trinajstić information content (AvgIpc) is 3.30. The van der Waals surface area contributed by atoms with Crippen LogP contribution in [0.3, 0.4) is 0 Å². The molecule has 9 atom stereocenters. The molecule has 4 rings (SSSR count). The van der Waals surface area contributed by atoms with Crippen molar-refractivity contribution in [2.75, 3.05) is 26.4 Å². The van der Waals surface area contributed by atoms with Crippen LogP contribution in [-0.4, -0.2) is 85.3 Å². The summed E-state index contributed by atoms with van der Waals surface area (Å²) in [5, 5.41) is 29.3. The lowest BCUT2D eigenvalue weighted by atomic mass is 9.90. The Balaban J connectivity index is 1.49. The first kappa shape index (κ1) is 52.6. The number of rotatable bonds is 32. The summed E-state index contributed by atoms with van der Waals surface area (Å²) in [6.45, 7) is 6.96. The van der Waals surface area contributed by atoms with E-state index in [-0.39, 0.29) is 50.2 Å². The lowest BCUT2D eigenvalue weighted by molar-refractivity contribution is -0.309. The van der Waals surface area contributed by atoms with Crippen molar-refractivity contribution in [1.82, 2.24) is 5.32 Å². The zero-order chi connectivity index (χ0) is 45.9. The van der Waals surface area contributed by atoms with Crippen LogP contribution in [0.25, 0.3) is 10.4 Å². The Morgan fingerprint density at radius 3 is 1.95 bits per heavy atom. The fourth-order valence-electron chi connectivity index (χ4n) is 7.95. The van der Waals surface area contributed by atoms with Crippen molar-refractivity contribution < 1.29 is 47.5 Å². The van der Waals surface area contributed by atoms with E-state index >= 15 is 0 Å². The predicted molar refractivity (Wildman–Crippen MR) is 243 cm³/mol. The SMILES string of the molecule is CCCCCCCCCCCCCC[C@@H](O)[C@@H](O)[C@H](CO[C@H]1OC(COCC(C)CN=[N+]=[N-])[C@H](OCc2ccccc2)[C@H](C)C1OCc1ccccc1)NC(=O)c1ccc(F)c(F)c1. The van der Waals surface area contributed by atoms with Gasteiger partial charge in [0.2, 0.25) is 0 Å². The largest absolute Gasteiger partial charge is 0.390 e. The average molecular weight is 895 g/mol. The molecule has 1 saturated heterocycles. The van der Waals surface area contributed by atoms with Gasteiger partial charge in [-0.3, -0.25) is 4.79 Å². The number of aliphatic hydroxyl groups is 2. The van der Waals surface area contributed by atoms with Crippen molar-refractivity contribution in [2.45, 2.75) is 160 Å². The summed E-state index contributed by atoms with van der Waals surface area (Å²) in [6, 6.07) is 21.0. The smallest absolute Gasteiger partial charge is 0.251 e. The molecule has 3 N–H and O–H groups in total. The number of benzene rings is 3. The number of hydrogen-bond donors (Lipinski definition) is 3. The van der Waals surface area contributed by atoms with Gasteiger partial charge in [0, 0.05) is 29.5 Å². The third-order valence-electron chi connectivity index (χ3n) is 11.8. The first-order valence-electron chi connectivity index (χ1n) is 23.4. The van der Waals surface area contributed by atoms with Gasteiger partial charge in [0.05, 0.1) is 44.7 Å². The number of amides is 1.